The van der Waals surface area contributed by atoms with Crippen LogP contribution < -0.4 is 10.6 Å². The zero-order valence-electron chi connectivity index (χ0n) is 11.3. The Balaban J connectivity index is 1.82. The Morgan fingerprint density at radius 3 is 3.06 bits per heavy atom. The Morgan fingerprint density at radius 1 is 1.50 bits per heavy atom. The molecular formula is C14H23N3S. The molecule has 1 aliphatic carbocycles. The Kier molecular flexibility index (Phi) is 5.05. The van der Waals surface area contributed by atoms with Gasteiger partial charge in [-0.15, -0.1) is 0 Å². The van der Waals surface area contributed by atoms with Crippen molar-refractivity contribution in [2.24, 2.45) is 10.9 Å². The molecule has 0 saturated heterocycles. The molecule has 2 rings (SSSR count). The summed E-state index contributed by atoms with van der Waals surface area (Å²) in [6.45, 7) is 6.05. The summed E-state index contributed by atoms with van der Waals surface area (Å²) in [6, 6.07) is 2.78. The molecule has 1 aliphatic rings. The zero-order valence-corrected chi connectivity index (χ0v) is 12.1. The highest BCUT2D eigenvalue weighted by atomic mass is 32.1. The first-order valence-electron chi connectivity index (χ1n) is 6.89. The average Bonchev–Trinajstić information content (AvgIpc) is 2.90. The first kappa shape index (κ1) is 13.4. The van der Waals surface area contributed by atoms with Crippen LogP contribution in [-0.4, -0.2) is 18.5 Å². The van der Waals surface area contributed by atoms with Gasteiger partial charge in [0.25, 0.3) is 0 Å². The van der Waals surface area contributed by atoms with Crippen LogP contribution in [0.1, 0.15) is 38.7 Å². The Labute approximate surface area is 114 Å². The van der Waals surface area contributed by atoms with Crippen molar-refractivity contribution < 1.29 is 0 Å². The Hall–Kier alpha value is -1.03. The fourth-order valence-electron chi connectivity index (χ4n) is 2.16. The molecule has 1 heterocycles. The minimum atomic E-state index is 0.644. The second-order valence-electron chi connectivity index (χ2n) is 4.86. The molecular weight excluding hydrogens is 242 g/mol. The van der Waals surface area contributed by atoms with Gasteiger partial charge in [-0.3, -0.25) is 0 Å². The summed E-state index contributed by atoms with van der Waals surface area (Å²) < 4.78 is 0. The van der Waals surface area contributed by atoms with E-state index in [2.05, 4.69) is 46.3 Å². The second kappa shape index (κ2) is 6.78. The molecule has 1 aromatic rings. The third kappa shape index (κ3) is 4.02. The molecule has 100 valence electrons. The van der Waals surface area contributed by atoms with Crippen LogP contribution in [0.5, 0.6) is 0 Å². The molecule has 4 heteroatoms. The third-order valence-electron chi connectivity index (χ3n) is 3.25. The van der Waals surface area contributed by atoms with E-state index in [-0.39, 0.29) is 0 Å². The van der Waals surface area contributed by atoms with Crippen molar-refractivity contribution in [1.82, 2.24) is 10.6 Å². The van der Waals surface area contributed by atoms with E-state index in [1.165, 1.54) is 24.8 Å². The van der Waals surface area contributed by atoms with Gasteiger partial charge < -0.3 is 10.6 Å². The van der Waals surface area contributed by atoms with E-state index in [4.69, 9.17) is 0 Å². The van der Waals surface area contributed by atoms with Gasteiger partial charge in [-0.25, -0.2) is 4.99 Å². The molecule has 1 aromatic heterocycles. The first-order valence-corrected chi connectivity index (χ1v) is 7.83. The van der Waals surface area contributed by atoms with Gasteiger partial charge in [0.15, 0.2) is 5.96 Å². The van der Waals surface area contributed by atoms with Gasteiger partial charge in [-0.1, -0.05) is 13.3 Å². The lowest BCUT2D eigenvalue weighted by molar-refractivity contribution is 0.655. The normalized spacial score (nSPS) is 22.9. The predicted octanol–water partition coefficient (Wildman–Crippen LogP) is 2.99. The first-order chi connectivity index (χ1) is 8.83. The fraction of sp³-hybridized carbons (Fsp3) is 0.643. The van der Waals surface area contributed by atoms with Crippen molar-refractivity contribution in [2.75, 3.05) is 6.54 Å². The molecule has 2 atom stereocenters. The minimum absolute atomic E-state index is 0.644. The maximum Gasteiger partial charge on any atom is 0.191 e. The van der Waals surface area contributed by atoms with E-state index in [1.807, 2.05) is 0 Å². The summed E-state index contributed by atoms with van der Waals surface area (Å²) >= 11 is 1.73. The van der Waals surface area contributed by atoms with Gasteiger partial charge >= 0.3 is 0 Å². The maximum atomic E-state index is 4.63. The standard InChI is InChI=1S/C14H23N3S/c1-3-5-12-8-13(12)17-14(15-4-2)16-9-11-6-7-18-10-11/h6-7,10,12-13H,3-5,8-9H2,1-2H3,(H2,15,16,17). The zero-order chi connectivity index (χ0) is 12.8. The largest absolute Gasteiger partial charge is 0.357 e. The van der Waals surface area contributed by atoms with E-state index in [0.717, 1.165) is 25.0 Å². The van der Waals surface area contributed by atoms with Crippen molar-refractivity contribution in [1.29, 1.82) is 0 Å². The lowest BCUT2D eigenvalue weighted by atomic mass is 10.2. The molecule has 18 heavy (non-hydrogen) atoms. The molecule has 2 N–H and O–H groups in total. The highest BCUT2D eigenvalue weighted by molar-refractivity contribution is 7.07. The van der Waals surface area contributed by atoms with Gasteiger partial charge in [0.1, 0.15) is 0 Å². The number of aliphatic imine (C=N–C) groups is 1. The molecule has 0 bridgehead atoms. The highest BCUT2D eigenvalue weighted by Gasteiger charge is 2.36. The van der Waals surface area contributed by atoms with Crippen LogP contribution in [0.15, 0.2) is 21.8 Å². The molecule has 1 saturated carbocycles. The fourth-order valence-corrected chi connectivity index (χ4v) is 2.82. The van der Waals surface area contributed by atoms with Crippen LogP contribution in [-0.2, 0) is 6.54 Å². The summed E-state index contributed by atoms with van der Waals surface area (Å²) in [5.41, 5.74) is 1.29. The molecule has 2 unspecified atom stereocenters. The highest BCUT2D eigenvalue weighted by Crippen LogP contribution is 2.34. The Morgan fingerprint density at radius 2 is 2.39 bits per heavy atom. The lowest BCUT2D eigenvalue weighted by Gasteiger charge is -2.10. The van der Waals surface area contributed by atoms with E-state index < -0.39 is 0 Å². The van der Waals surface area contributed by atoms with E-state index in [1.54, 1.807) is 11.3 Å². The average molecular weight is 265 g/mol. The van der Waals surface area contributed by atoms with Gasteiger partial charge in [-0.05, 0) is 48.1 Å². The van der Waals surface area contributed by atoms with Crippen LogP contribution in [0.25, 0.3) is 0 Å². The molecule has 0 amide bonds. The van der Waals surface area contributed by atoms with Crippen LogP contribution in [0.4, 0.5) is 0 Å². The number of nitrogens with zero attached hydrogens (tertiary/aromatic N) is 1. The van der Waals surface area contributed by atoms with Crippen LogP contribution >= 0.6 is 11.3 Å². The number of thiophene rings is 1. The smallest absolute Gasteiger partial charge is 0.191 e. The molecule has 0 radical (unpaired) electrons. The molecule has 0 aromatic carbocycles. The van der Waals surface area contributed by atoms with Gasteiger partial charge in [0.05, 0.1) is 6.54 Å². The number of hydrogen-bond acceptors (Lipinski definition) is 2. The third-order valence-corrected chi connectivity index (χ3v) is 3.98. The quantitative estimate of drug-likeness (QED) is 0.613. The van der Waals surface area contributed by atoms with Crippen LogP contribution in [0, 0.1) is 5.92 Å². The van der Waals surface area contributed by atoms with E-state index in [9.17, 15) is 0 Å². The van der Waals surface area contributed by atoms with Crippen molar-refractivity contribution in [3.05, 3.63) is 22.4 Å². The van der Waals surface area contributed by atoms with Crippen molar-refractivity contribution in [3.8, 4) is 0 Å². The van der Waals surface area contributed by atoms with Gasteiger partial charge in [0, 0.05) is 12.6 Å². The molecule has 3 nitrogen and oxygen atoms in total. The number of rotatable bonds is 6. The number of guanidine groups is 1. The Bertz CT molecular complexity index is 372. The van der Waals surface area contributed by atoms with Gasteiger partial charge in [-0.2, -0.15) is 11.3 Å². The number of hydrogen-bond donors (Lipinski definition) is 2. The maximum absolute atomic E-state index is 4.63. The lowest BCUT2D eigenvalue weighted by Crippen LogP contribution is -2.39. The minimum Gasteiger partial charge on any atom is -0.357 e. The van der Waals surface area contributed by atoms with E-state index in [0.29, 0.717) is 6.04 Å². The van der Waals surface area contributed by atoms with Gasteiger partial charge in [0.2, 0.25) is 0 Å². The van der Waals surface area contributed by atoms with Crippen LogP contribution in [0.3, 0.4) is 0 Å². The monoisotopic (exact) mass is 265 g/mol. The van der Waals surface area contributed by atoms with Crippen LogP contribution in [0.2, 0.25) is 0 Å². The second-order valence-corrected chi connectivity index (χ2v) is 5.64. The van der Waals surface area contributed by atoms with Crippen molar-refractivity contribution in [2.45, 2.75) is 45.7 Å². The van der Waals surface area contributed by atoms with Crippen molar-refractivity contribution in [3.63, 3.8) is 0 Å². The molecule has 0 aliphatic heterocycles. The predicted molar refractivity (Wildman–Crippen MR) is 79.1 cm³/mol. The summed E-state index contributed by atoms with van der Waals surface area (Å²) in [6.07, 6.45) is 3.92. The topological polar surface area (TPSA) is 36.4 Å². The molecule has 1 fully saturated rings. The summed E-state index contributed by atoms with van der Waals surface area (Å²) in [7, 11) is 0. The summed E-state index contributed by atoms with van der Waals surface area (Å²) in [5, 5.41) is 11.1. The molecule has 0 spiro atoms. The van der Waals surface area contributed by atoms with E-state index >= 15 is 0 Å². The summed E-state index contributed by atoms with van der Waals surface area (Å²) in [5.74, 6) is 1.83. The number of nitrogens with one attached hydrogen (secondary N) is 2. The summed E-state index contributed by atoms with van der Waals surface area (Å²) in [4.78, 5) is 4.63. The van der Waals surface area contributed by atoms with Crippen molar-refractivity contribution >= 4 is 17.3 Å². The SMILES string of the molecule is CCCC1CC1NC(=NCc1ccsc1)NCC.